The normalized spacial score (nSPS) is 15.9. The van der Waals surface area contributed by atoms with Crippen LogP contribution in [0.3, 0.4) is 0 Å². The molecule has 10 nitrogen and oxygen atoms in total. The summed E-state index contributed by atoms with van der Waals surface area (Å²) in [5.41, 5.74) is 1.37. The minimum atomic E-state index is -2.02. The predicted molar refractivity (Wildman–Crippen MR) is 139 cm³/mol. The molecule has 1 saturated heterocycles. The number of hydrogen-bond acceptors (Lipinski definition) is 7. The molecule has 0 unspecified atom stereocenters. The summed E-state index contributed by atoms with van der Waals surface area (Å²) in [5.74, 6) is -2.53. The molecule has 3 N–H and O–H groups in total. The van der Waals surface area contributed by atoms with Crippen molar-refractivity contribution in [1.82, 2.24) is 15.5 Å². The largest absolute Gasteiger partial charge is 1.00 e. The summed E-state index contributed by atoms with van der Waals surface area (Å²) in [6.07, 6.45) is 0.810. The molecule has 0 bridgehead atoms. The maximum absolute atomic E-state index is 13.6. The maximum Gasteiger partial charge on any atom is 1.00 e. The zero-order valence-corrected chi connectivity index (χ0v) is 24.9. The van der Waals surface area contributed by atoms with Gasteiger partial charge in [-0.05, 0) is 48.9 Å². The number of carbonyl (C=O) groups is 3. The van der Waals surface area contributed by atoms with E-state index in [0.29, 0.717) is 31.4 Å². The number of nitrogens with zero attached hydrogens (tertiary/aromatic N) is 1. The summed E-state index contributed by atoms with van der Waals surface area (Å²) < 4.78 is 23.7. The number of methoxy groups -OCH3 is 1. The molecule has 210 valence electrons. The van der Waals surface area contributed by atoms with Gasteiger partial charge in [0.25, 0.3) is 0 Å². The summed E-state index contributed by atoms with van der Waals surface area (Å²) in [5, 5.41) is 26.5. The van der Waals surface area contributed by atoms with Crippen LogP contribution in [0.1, 0.15) is 36.8 Å². The third-order valence-corrected chi connectivity index (χ3v) is 6.53. The van der Waals surface area contributed by atoms with Crippen LogP contribution in [0.5, 0.6) is 0 Å². The fourth-order valence-corrected chi connectivity index (χ4v) is 4.48. The number of ether oxygens (including phenoxy) is 2. The molecule has 0 spiro atoms. The molecular weight excluding hydrogens is 531 g/mol. The third kappa shape index (κ3) is 10.5. The molecule has 40 heavy (non-hydrogen) atoms. The van der Waals surface area contributed by atoms with E-state index in [2.05, 4.69) is 10.6 Å². The van der Waals surface area contributed by atoms with Crippen LogP contribution in [0, 0.1) is 5.82 Å². The summed E-state index contributed by atoms with van der Waals surface area (Å²) in [6, 6.07) is 12.6. The molecule has 0 saturated carbocycles. The van der Waals surface area contributed by atoms with Crippen LogP contribution in [0.15, 0.2) is 54.6 Å². The monoisotopic (exact) mass is 565 g/mol. The number of likely N-dealkylation sites (tertiary alicyclic amines) is 1. The molecule has 0 aromatic heterocycles. The summed E-state index contributed by atoms with van der Waals surface area (Å²) in [4.78, 5) is 40.7. The Hall–Kier alpha value is -2.48. The molecule has 13 heteroatoms. The van der Waals surface area contributed by atoms with E-state index in [1.165, 1.54) is 36.3 Å². The van der Waals surface area contributed by atoms with Crippen LogP contribution < -0.4 is 45.2 Å². The number of hydrogen-bond donors (Lipinski definition) is 3. The van der Waals surface area contributed by atoms with E-state index in [9.17, 15) is 28.8 Å². The standard InChI is InChI=1S/C27H34BFN3O7.Na/c1-38-16-6-10-24(28(36)37)31-25(33)23-9-5-15-32(23)26(34)22(17-19-11-13-21(29)14-12-19)30-27(35)39-18-20-7-3-2-4-8-20;/h2-4,7-8,11-14,22-24,36H,5-6,9-10,15-18H2,1H3,(H,30,35)(H,31,33);/q-1;+1/t22-,23+,24+;/m1./s1. The van der Waals surface area contributed by atoms with E-state index in [4.69, 9.17) is 9.47 Å². The van der Waals surface area contributed by atoms with Gasteiger partial charge in [0.1, 0.15) is 24.5 Å². The van der Waals surface area contributed by atoms with Gasteiger partial charge in [0.15, 0.2) is 0 Å². The van der Waals surface area contributed by atoms with Crippen LogP contribution in [0.2, 0.25) is 0 Å². The van der Waals surface area contributed by atoms with E-state index < -0.39 is 48.9 Å². The first-order valence-corrected chi connectivity index (χ1v) is 12.9. The second-order valence-electron chi connectivity index (χ2n) is 9.42. The van der Waals surface area contributed by atoms with Crippen molar-refractivity contribution in [3.8, 4) is 0 Å². The number of amides is 3. The number of carbonyl (C=O) groups excluding carboxylic acids is 3. The Balaban J connectivity index is 0.00000560. The van der Waals surface area contributed by atoms with Gasteiger partial charge in [0, 0.05) is 32.6 Å². The van der Waals surface area contributed by atoms with Gasteiger partial charge in [-0.25, -0.2) is 9.18 Å². The second kappa shape index (κ2) is 17.4. The first-order valence-electron chi connectivity index (χ1n) is 12.9. The van der Waals surface area contributed by atoms with Crippen molar-refractivity contribution in [3.63, 3.8) is 0 Å². The molecule has 3 rings (SSSR count). The number of alkyl carbamates (subject to hydrolysis) is 1. The van der Waals surface area contributed by atoms with Gasteiger partial charge >= 0.3 is 35.7 Å². The van der Waals surface area contributed by atoms with Crippen molar-refractivity contribution >= 4 is 25.0 Å². The van der Waals surface area contributed by atoms with Crippen LogP contribution in [0.25, 0.3) is 0 Å². The van der Waals surface area contributed by atoms with Gasteiger partial charge in [-0.2, -0.15) is 0 Å². The van der Waals surface area contributed by atoms with Gasteiger partial charge in [0.05, 0.1) is 0 Å². The summed E-state index contributed by atoms with van der Waals surface area (Å²) in [7, 11) is -0.513. The topological polar surface area (TPSA) is 140 Å². The van der Waals surface area contributed by atoms with Gasteiger partial charge in [-0.15, -0.1) is 0 Å². The average Bonchev–Trinajstić information content (AvgIpc) is 3.42. The zero-order valence-electron chi connectivity index (χ0n) is 22.9. The van der Waals surface area contributed by atoms with Crippen molar-refractivity contribution in [2.75, 3.05) is 20.3 Å². The molecule has 0 aliphatic carbocycles. The quantitative estimate of drug-likeness (QED) is 0.188. The zero-order chi connectivity index (χ0) is 28.2. The fourth-order valence-electron chi connectivity index (χ4n) is 4.48. The van der Waals surface area contributed by atoms with Crippen LogP contribution in [0.4, 0.5) is 9.18 Å². The maximum atomic E-state index is 13.6. The summed E-state index contributed by atoms with van der Waals surface area (Å²) in [6.45, 7) is 0.636. The van der Waals surface area contributed by atoms with E-state index in [0.717, 1.165) is 5.56 Å². The molecule has 1 aliphatic rings. The van der Waals surface area contributed by atoms with Crippen molar-refractivity contribution in [2.24, 2.45) is 0 Å². The number of benzene rings is 2. The minimum absolute atomic E-state index is 0. The number of nitrogens with one attached hydrogen (secondary N) is 2. The van der Waals surface area contributed by atoms with Crippen molar-refractivity contribution in [1.29, 1.82) is 0 Å². The Bertz CT molecular complexity index is 1080. The minimum Gasteiger partial charge on any atom is -0.855 e. The molecule has 3 atom stereocenters. The Morgan fingerprint density at radius 1 is 1.12 bits per heavy atom. The van der Waals surface area contributed by atoms with E-state index in [1.54, 1.807) is 12.1 Å². The fraction of sp³-hybridized carbons (Fsp3) is 0.444. The van der Waals surface area contributed by atoms with Gasteiger partial charge in [-0.1, -0.05) is 42.5 Å². The Labute approximate surface area is 256 Å². The van der Waals surface area contributed by atoms with Crippen LogP contribution in [-0.4, -0.2) is 73.2 Å². The van der Waals surface area contributed by atoms with E-state index in [-0.39, 0.29) is 55.6 Å². The van der Waals surface area contributed by atoms with Crippen molar-refractivity contribution < 1.29 is 67.9 Å². The van der Waals surface area contributed by atoms with E-state index >= 15 is 0 Å². The molecule has 2 aromatic rings. The average molecular weight is 565 g/mol. The SMILES string of the molecule is COCCC[C@H](NC(=O)[C@@H]1CCCN1C(=O)[C@@H](Cc1ccc(F)cc1)NC(=O)OCc1ccccc1)B([O-])O.[Na+]. The molecule has 2 aromatic carbocycles. The summed E-state index contributed by atoms with van der Waals surface area (Å²) >= 11 is 0. The molecule has 1 fully saturated rings. The van der Waals surface area contributed by atoms with Crippen molar-refractivity contribution in [2.45, 2.75) is 56.7 Å². The number of rotatable bonds is 13. The van der Waals surface area contributed by atoms with E-state index in [1.807, 2.05) is 18.2 Å². The smallest absolute Gasteiger partial charge is 0.855 e. The van der Waals surface area contributed by atoms with Gasteiger partial charge in [0.2, 0.25) is 18.9 Å². The van der Waals surface area contributed by atoms with Crippen LogP contribution in [-0.2, 0) is 32.1 Å². The number of halogens is 1. The third-order valence-electron chi connectivity index (χ3n) is 6.53. The van der Waals surface area contributed by atoms with Crippen LogP contribution >= 0.6 is 0 Å². The van der Waals surface area contributed by atoms with Gasteiger partial charge < -0.3 is 35.1 Å². The molecule has 3 amide bonds. The molecule has 1 heterocycles. The Kier molecular flexibility index (Phi) is 14.6. The molecule has 0 radical (unpaired) electrons. The van der Waals surface area contributed by atoms with Crippen molar-refractivity contribution in [3.05, 3.63) is 71.5 Å². The molecular formula is C27H34BFN3NaO7. The Morgan fingerprint density at radius 2 is 1.82 bits per heavy atom. The first-order chi connectivity index (χ1) is 18.8. The molecule has 1 aliphatic heterocycles. The second-order valence-corrected chi connectivity index (χ2v) is 9.42. The Morgan fingerprint density at radius 3 is 2.48 bits per heavy atom. The predicted octanol–water partition coefficient (Wildman–Crippen LogP) is -2.05. The van der Waals surface area contributed by atoms with Gasteiger partial charge in [-0.3, -0.25) is 9.59 Å². The first kappa shape index (κ1) is 33.7.